The number of hydrogen-bond donors (Lipinski definition) is 0. The van der Waals surface area contributed by atoms with Crippen molar-refractivity contribution < 1.29 is 22.6 Å². The molecule has 0 amide bonds. The smallest absolute Gasteiger partial charge is 0.337 e. The molecule has 2 nitrogen and oxygen atoms in total. The molecule has 0 fully saturated rings. The van der Waals surface area contributed by atoms with E-state index >= 15 is 0 Å². The van der Waals surface area contributed by atoms with Crippen LogP contribution in [0.2, 0.25) is 0 Å². The van der Waals surface area contributed by atoms with E-state index in [1.807, 2.05) is 0 Å². The molecule has 0 aliphatic heterocycles. The van der Waals surface area contributed by atoms with E-state index in [2.05, 4.69) is 0 Å². The minimum atomic E-state index is -4.42. The van der Waals surface area contributed by atoms with E-state index in [-0.39, 0.29) is 5.56 Å². The number of methoxy groups -OCH3 is 2. The van der Waals surface area contributed by atoms with Crippen LogP contribution in [0.25, 0.3) is 0 Å². The van der Waals surface area contributed by atoms with Gasteiger partial charge >= 0.3 is 6.18 Å². The van der Waals surface area contributed by atoms with Crippen molar-refractivity contribution in [2.75, 3.05) is 14.2 Å². The SMILES string of the molecule is COC(Cl)(OC)c1cccc(C(F)(F)F)c1. The Morgan fingerprint density at radius 2 is 1.56 bits per heavy atom. The van der Waals surface area contributed by atoms with Gasteiger partial charge in [0.25, 0.3) is 5.25 Å². The van der Waals surface area contributed by atoms with E-state index in [9.17, 15) is 13.2 Å². The van der Waals surface area contributed by atoms with E-state index in [0.717, 1.165) is 12.1 Å². The van der Waals surface area contributed by atoms with Gasteiger partial charge in [-0.3, -0.25) is 0 Å². The molecule has 16 heavy (non-hydrogen) atoms. The summed E-state index contributed by atoms with van der Waals surface area (Å²) < 4.78 is 47.0. The predicted octanol–water partition coefficient (Wildman–Crippen LogP) is 3.35. The molecule has 0 bridgehead atoms. The zero-order chi connectivity index (χ0) is 12.4. The molecule has 0 radical (unpaired) electrons. The molecule has 6 heteroatoms. The Hall–Kier alpha value is -0.780. The van der Waals surface area contributed by atoms with E-state index in [1.165, 1.54) is 26.4 Å². The summed E-state index contributed by atoms with van der Waals surface area (Å²) in [6.45, 7) is 0. The first-order valence-electron chi connectivity index (χ1n) is 4.30. The fraction of sp³-hybridized carbons (Fsp3) is 0.400. The maximum Gasteiger partial charge on any atom is 0.416 e. The molecular formula is C10H10ClF3O2. The van der Waals surface area contributed by atoms with Crippen molar-refractivity contribution in [1.82, 2.24) is 0 Å². The molecule has 0 atom stereocenters. The Balaban J connectivity index is 3.17. The topological polar surface area (TPSA) is 18.5 Å². The lowest BCUT2D eigenvalue weighted by Gasteiger charge is -2.24. The van der Waals surface area contributed by atoms with Gasteiger partial charge < -0.3 is 9.47 Å². The summed E-state index contributed by atoms with van der Waals surface area (Å²) in [5, 5.41) is -1.69. The second-order valence-electron chi connectivity index (χ2n) is 3.02. The van der Waals surface area contributed by atoms with Crippen LogP contribution in [0.4, 0.5) is 13.2 Å². The number of alkyl halides is 4. The van der Waals surface area contributed by atoms with Crippen LogP contribution in [0.5, 0.6) is 0 Å². The first kappa shape index (κ1) is 13.3. The Kier molecular flexibility index (Phi) is 3.83. The van der Waals surface area contributed by atoms with Crippen molar-refractivity contribution in [3.8, 4) is 0 Å². The molecule has 0 aliphatic carbocycles. The predicted molar refractivity (Wildman–Crippen MR) is 53.0 cm³/mol. The molecule has 0 N–H and O–H groups in total. The van der Waals surface area contributed by atoms with Crippen molar-refractivity contribution in [1.29, 1.82) is 0 Å². The molecule has 0 aromatic heterocycles. The summed E-state index contributed by atoms with van der Waals surface area (Å²) in [5.74, 6) is 0. The van der Waals surface area contributed by atoms with Crippen molar-refractivity contribution in [2.45, 2.75) is 11.4 Å². The van der Waals surface area contributed by atoms with Gasteiger partial charge in [-0.1, -0.05) is 23.7 Å². The van der Waals surface area contributed by atoms with Crippen molar-refractivity contribution in [3.63, 3.8) is 0 Å². The molecule has 1 rings (SSSR count). The summed E-state index contributed by atoms with van der Waals surface area (Å²) in [6.07, 6.45) is -4.42. The normalized spacial score (nSPS) is 12.9. The van der Waals surface area contributed by atoms with Crippen LogP contribution in [0.1, 0.15) is 11.1 Å². The zero-order valence-corrected chi connectivity index (χ0v) is 9.39. The first-order valence-corrected chi connectivity index (χ1v) is 4.68. The molecule has 0 spiro atoms. The monoisotopic (exact) mass is 254 g/mol. The second-order valence-corrected chi connectivity index (χ2v) is 3.52. The summed E-state index contributed by atoms with van der Waals surface area (Å²) in [6, 6.07) is 4.48. The Bertz CT molecular complexity index is 361. The molecule has 0 unspecified atom stereocenters. The third-order valence-electron chi connectivity index (χ3n) is 2.06. The van der Waals surface area contributed by atoms with E-state index in [0.29, 0.717) is 0 Å². The highest BCUT2D eigenvalue weighted by atomic mass is 35.5. The lowest BCUT2D eigenvalue weighted by molar-refractivity contribution is -0.150. The van der Waals surface area contributed by atoms with Gasteiger partial charge in [-0.2, -0.15) is 13.2 Å². The van der Waals surface area contributed by atoms with Crippen LogP contribution in [0.15, 0.2) is 24.3 Å². The zero-order valence-electron chi connectivity index (χ0n) is 8.64. The number of hydrogen-bond acceptors (Lipinski definition) is 2. The van der Waals surface area contributed by atoms with Crippen molar-refractivity contribution in [3.05, 3.63) is 35.4 Å². The van der Waals surface area contributed by atoms with Crippen LogP contribution in [-0.4, -0.2) is 14.2 Å². The van der Waals surface area contributed by atoms with Crippen LogP contribution in [-0.2, 0) is 20.9 Å². The van der Waals surface area contributed by atoms with Gasteiger partial charge in [-0.25, -0.2) is 0 Å². The molecule has 0 aliphatic rings. The van der Waals surface area contributed by atoms with Crippen molar-refractivity contribution >= 4 is 11.6 Å². The van der Waals surface area contributed by atoms with Gasteiger partial charge in [0, 0.05) is 19.8 Å². The van der Waals surface area contributed by atoms with Crippen LogP contribution < -0.4 is 0 Å². The molecule has 0 heterocycles. The quantitative estimate of drug-likeness (QED) is 0.608. The highest BCUT2D eigenvalue weighted by Gasteiger charge is 2.34. The largest absolute Gasteiger partial charge is 0.416 e. The van der Waals surface area contributed by atoms with E-state index < -0.39 is 17.0 Å². The standard InChI is InChI=1S/C10H10ClF3O2/c1-15-9(11,16-2)7-4-3-5-8(6-7)10(12,13)14/h3-6H,1-2H3. The maximum absolute atomic E-state index is 12.4. The molecule has 1 aromatic carbocycles. The number of halogens is 4. The second kappa shape index (κ2) is 4.61. The third kappa shape index (κ3) is 2.66. The Labute approximate surface area is 95.9 Å². The fourth-order valence-electron chi connectivity index (χ4n) is 1.20. The average molecular weight is 255 g/mol. The van der Waals surface area contributed by atoms with Gasteiger partial charge in [0.2, 0.25) is 0 Å². The highest BCUT2D eigenvalue weighted by molar-refractivity contribution is 6.22. The van der Waals surface area contributed by atoms with E-state index in [1.54, 1.807) is 0 Å². The summed E-state index contributed by atoms with van der Waals surface area (Å²) >= 11 is 5.84. The first-order chi connectivity index (χ1) is 7.33. The number of rotatable bonds is 3. The minimum absolute atomic E-state index is 0.0917. The lowest BCUT2D eigenvalue weighted by atomic mass is 10.1. The highest BCUT2D eigenvalue weighted by Crippen LogP contribution is 2.35. The molecule has 90 valence electrons. The molecule has 1 aromatic rings. The summed E-state index contributed by atoms with van der Waals surface area (Å²) in [7, 11) is 2.49. The average Bonchev–Trinajstić information content (AvgIpc) is 2.27. The van der Waals surface area contributed by atoms with Gasteiger partial charge in [-0.05, 0) is 12.1 Å². The summed E-state index contributed by atoms with van der Waals surface area (Å²) in [5.41, 5.74) is -0.710. The lowest BCUT2D eigenvalue weighted by Crippen LogP contribution is -2.24. The minimum Gasteiger partial charge on any atom is -0.337 e. The van der Waals surface area contributed by atoms with Gasteiger partial charge in [0.15, 0.2) is 0 Å². The van der Waals surface area contributed by atoms with E-state index in [4.69, 9.17) is 21.1 Å². The number of ether oxygens (including phenoxy) is 2. The van der Waals surface area contributed by atoms with Crippen LogP contribution in [0.3, 0.4) is 0 Å². The maximum atomic E-state index is 12.4. The Morgan fingerprint density at radius 1 is 1.06 bits per heavy atom. The molecule has 0 saturated heterocycles. The number of benzene rings is 1. The van der Waals surface area contributed by atoms with Gasteiger partial charge in [0.05, 0.1) is 5.56 Å². The van der Waals surface area contributed by atoms with Gasteiger partial charge in [-0.15, -0.1) is 0 Å². The van der Waals surface area contributed by atoms with Crippen LogP contribution in [0, 0.1) is 0 Å². The molecular weight excluding hydrogens is 245 g/mol. The van der Waals surface area contributed by atoms with Gasteiger partial charge in [0.1, 0.15) is 0 Å². The van der Waals surface area contributed by atoms with Crippen molar-refractivity contribution in [2.24, 2.45) is 0 Å². The fourth-order valence-corrected chi connectivity index (χ4v) is 1.32. The summed E-state index contributed by atoms with van der Waals surface area (Å²) in [4.78, 5) is 0. The molecule has 0 saturated carbocycles. The Morgan fingerprint density at radius 3 is 2.00 bits per heavy atom. The van der Waals surface area contributed by atoms with Crippen LogP contribution >= 0.6 is 11.6 Å². The third-order valence-corrected chi connectivity index (χ3v) is 2.59.